The number of hydrogen-bond acceptors (Lipinski definition) is 11. The second kappa shape index (κ2) is 38.7. The number of aliphatic hydroxyl groups is 3. The summed E-state index contributed by atoms with van der Waals surface area (Å²) in [6, 6.07) is 0. The average molecular weight is 873 g/mol. The summed E-state index contributed by atoms with van der Waals surface area (Å²) < 4.78 is 59.1. The van der Waals surface area contributed by atoms with E-state index in [0.717, 1.165) is 77.0 Å². The summed E-state index contributed by atoms with van der Waals surface area (Å²) in [7, 11) is -5.07. The van der Waals surface area contributed by atoms with Crippen molar-refractivity contribution in [2.45, 2.75) is 218 Å². The maximum Gasteiger partial charge on any atom is 0.397 e. The van der Waals surface area contributed by atoms with E-state index in [9.17, 15) is 28.5 Å². The topological polar surface area (TPSA) is 178 Å². The molecule has 1 rings (SSSR count). The van der Waals surface area contributed by atoms with Gasteiger partial charge in [0, 0.05) is 13.0 Å². The highest BCUT2D eigenvalue weighted by atomic mass is 32.3. The minimum absolute atomic E-state index is 0.0252. The fourth-order valence-electron chi connectivity index (χ4n) is 6.84. The third kappa shape index (κ3) is 31.8. The van der Waals surface area contributed by atoms with Crippen LogP contribution >= 0.6 is 0 Å². The van der Waals surface area contributed by atoms with Crippen molar-refractivity contribution in [3.05, 3.63) is 48.6 Å². The third-order valence-electron chi connectivity index (χ3n) is 10.4. The van der Waals surface area contributed by atoms with Crippen LogP contribution in [0.2, 0.25) is 0 Å². The van der Waals surface area contributed by atoms with Gasteiger partial charge in [0.25, 0.3) is 0 Å². The molecule has 0 saturated carbocycles. The number of aliphatic hydroxyl groups excluding tert-OH is 3. The van der Waals surface area contributed by atoms with Crippen LogP contribution in [0.4, 0.5) is 0 Å². The Kier molecular flexibility index (Phi) is 36.2. The molecule has 6 atom stereocenters. The van der Waals surface area contributed by atoms with Gasteiger partial charge in [0.1, 0.15) is 30.5 Å². The monoisotopic (exact) mass is 873 g/mol. The van der Waals surface area contributed by atoms with E-state index in [4.69, 9.17) is 23.5 Å². The number of unbranched alkanes of at least 4 members (excludes halogenated alkanes) is 19. The van der Waals surface area contributed by atoms with E-state index in [1.807, 2.05) is 0 Å². The Bertz CT molecular complexity index is 1240. The van der Waals surface area contributed by atoms with Crippen molar-refractivity contribution in [1.82, 2.24) is 0 Å². The van der Waals surface area contributed by atoms with Gasteiger partial charge in [0.15, 0.2) is 6.29 Å². The molecule has 1 aliphatic heterocycles. The zero-order valence-corrected chi connectivity index (χ0v) is 38.1. The predicted molar refractivity (Wildman–Crippen MR) is 239 cm³/mol. The lowest BCUT2D eigenvalue weighted by Crippen LogP contribution is -2.60. The molecule has 0 bridgehead atoms. The molecule has 0 amide bonds. The fourth-order valence-corrected chi connectivity index (χ4v) is 7.34. The fraction of sp³-hybridized carbons (Fsp3) is 0.809. The molecule has 0 aromatic rings. The Morgan fingerprint density at radius 2 is 1.12 bits per heavy atom. The zero-order chi connectivity index (χ0) is 43.9. The Balaban J connectivity index is 2.42. The van der Waals surface area contributed by atoms with E-state index < -0.39 is 59.8 Å². The smallest absolute Gasteiger partial charge is 0.397 e. The van der Waals surface area contributed by atoms with Gasteiger partial charge in [-0.1, -0.05) is 152 Å². The van der Waals surface area contributed by atoms with E-state index in [2.05, 4.69) is 66.6 Å². The van der Waals surface area contributed by atoms with Gasteiger partial charge >= 0.3 is 16.4 Å². The molecule has 13 heteroatoms. The van der Waals surface area contributed by atoms with Crippen molar-refractivity contribution in [1.29, 1.82) is 0 Å². The van der Waals surface area contributed by atoms with Crippen LogP contribution in [0.5, 0.6) is 0 Å². The predicted octanol–water partition coefficient (Wildman–Crippen LogP) is 9.97. The highest BCUT2D eigenvalue weighted by molar-refractivity contribution is 7.80. The number of hydrogen-bond donors (Lipinski definition) is 4. The summed E-state index contributed by atoms with van der Waals surface area (Å²) >= 11 is 0. The lowest BCUT2D eigenvalue weighted by Gasteiger charge is -2.41. The molecule has 6 unspecified atom stereocenters. The molecule has 1 heterocycles. The molecule has 0 aliphatic carbocycles. The van der Waals surface area contributed by atoms with Gasteiger partial charge in [-0.15, -0.1) is 0 Å². The molecular formula is C47H84O12S. The molecular weight excluding hydrogens is 789 g/mol. The second-order valence-corrected chi connectivity index (χ2v) is 17.0. The van der Waals surface area contributed by atoms with Crippen molar-refractivity contribution < 1.29 is 56.2 Å². The first kappa shape index (κ1) is 56.1. The minimum Gasteiger partial charge on any atom is -0.457 e. The summed E-state index contributed by atoms with van der Waals surface area (Å²) in [5, 5.41) is 30.7. The quantitative estimate of drug-likeness (QED) is 0.0199. The lowest BCUT2D eigenvalue weighted by molar-refractivity contribution is -0.301. The number of rotatable bonds is 40. The summed E-state index contributed by atoms with van der Waals surface area (Å²) in [6.07, 6.45) is 37.1. The van der Waals surface area contributed by atoms with E-state index in [0.29, 0.717) is 13.0 Å². The normalized spacial score (nSPS) is 20.7. The maximum atomic E-state index is 12.8. The third-order valence-corrected chi connectivity index (χ3v) is 10.9. The van der Waals surface area contributed by atoms with Crippen LogP contribution in [0.15, 0.2) is 48.6 Å². The number of esters is 1. The Labute approximate surface area is 364 Å². The van der Waals surface area contributed by atoms with Crippen LogP contribution in [0.1, 0.15) is 181 Å². The number of ether oxygens (including phenoxy) is 4. The highest BCUT2D eigenvalue weighted by Gasteiger charge is 2.48. The number of allylic oxidation sites excluding steroid dienone is 8. The van der Waals surface area contributed by atoms with Gasteiger partial charge in [-0.3, -0.25) is 9.35 Å². The molecule has 0 spiro atoms. The van der Waals surface area contributed by atoms with Crippen molar-refractivity contribution >= 4 is 16.4 Å². The van der Waals surface area contributed by atoms with Gasteiger partial charge in [-0.25, -0.2) is 4.18 Å². The van der Waals surface area contributed by atoms with E-state index >= 15 is 0 Å². The highest BCUT2D eigenvalue weighted by Crippen LogP contribution is 2.26. The Morgan fingerprint density at radius 3 is 1.63 bits per heavy atom. The summed E-state index contributed by atoms with van der Waals surface area (Å²) in [5.74, 6) is -0.417. The van der Waals surface area contributed by atoms with Crippen molar-refractivity contribution in [2.75, 3.05) is 26.4 Å². The van der Waals surface area contributed by atoms with E-state index in [1.165, 1.54) is 77.0 Å². The SMILES string of the molecule is CCCC/C=C\C/C=C\CCCCCCCC(=O)OC(COCCCCCCCCCC/C=C\C/C=C\CCCCCC)COC1OC(CO)C(O)C(OS(=O)(=O)O)C1O. The number of carbonyl (C=O) groups excluding carboxylic acids is 1. The van der Waals surface area contributed by atoms with Crippen LogP contribution in [0, 0.1) is 0 Å². The molecule has 0 aromatic carbocycles. The molecule has 1 aliphatic rings. The van der Waals surface area contributed by atoms with Gasteiger partial charge in [-0.2, -0.15) is 8.42 Å². The largest absolute Gasteiger partial charge is 0.457 e. The first-order chi connectivity index (χ1) is 29.1. The van der Waals surface area contributed by atoms with Crippen molar-refractivity contribution in [3.63, 3.8) is 0 Å². The molecule has 1 fully saturated rings. The Morgan fingerprint density at radius 1 is 0.633 bits per heavy atom. The van der Waals surface area contributed by atoms with Crippen LogP contribution in [-0.4, -0.2) is 97.5 Å². The molecule has 4 N–H and O–H groups in total. The summed E-state index contributed by atoms with van der Waals surface area (Å²) in [5.41, 5.74) is 0. The van der Waals surface area contributed by atoms with E-state index in [-0.39, 0.29) is 19.6 Å². The van der Waals surface area contributed by atoms with E-state index in [1.54, 1.807) is 0 Å². The molecule has 0 radical (unpaired) electrons. The van der Waals surface area contributed by atoms with Gasteiger partial charge in [0.2, 0.25) is 0 Å². The lowest BCUT2D eigenvalue weighted by atomic mass is 9.99. The molecule has 60 heavy (non-hydrogen) atoms. The van der Waals surface area contributed by atoms with Crippen LogP contribution in [-0.2, 0) is 38.3 Å². The number of carbonyl (C=O) groups is 1. The van der Waals surface area contributed by atoms with Crippen LogP contribution < -0.4 is 0 Å². The van der Waals surface area contributed by atoms with Crippen molar-refractivity contribution in [3.8, 4) is 0 Å². The minimum atomic E-state index is -5.07. The molecule has 1 saturated heterocycles. The van der Waals surface area contributed by atoms with Gasteiger partial charge < -0.3 is 34.3 Å². The Hall–Kier alpha value is -1.94. The average Bonchev–Trinajstić information content (AvgIpc) is 3.22. The molecule has 0 aromatic heterocycles. The second-order valence-electron chi connectivity index (χ2n) is 16.0. The summed E-state index contributed by atoms with van der Waals surface area (Å²) in [4.78, 5) is 12.8. The van der Waals surface area contributed by atoms with Gasteiger partial charge in [-0.05, 0) is 70.6 Å². The standard InChI is InChI=1S/C47H84O12S/c1-3-5-7-9-11-13-15-17-19-20-21-22-23-25-27-29-31-33-35-37-55-39-41(40-56-47-45(51)46(59-60(52,53)54)44(50)42(38-48)58-47)57-43(49)36-34-32-30-28-26-24-18-16-14-12-10-8-6-4-2/h10,12-13,15-16,18-20,41-42,44-48,50-51H,3-9,11,14,17,21-40H2,1-2H3,(H,52,53,54)/b12-10-,15-13-,18-16-,20-19-. The molecule has 350 valence electrons. The zero-order valence-electron chi connectivity index (χ0n) is 37.3. The maximum absolute atomic E-state index is 12.8. The first-order valence-corrected chi connectivity index (χ1v) is 24.8. The summed E-state index contributed by atoms with van der Waals surface area (Å²) in [6.45, 7) is 3.90. The molecule has 12 nitrogen and oxygen atoms in total. The van der Waals surface area contributed by atoms with Crippen LogP contribution in [0.25, 0.3) is 0 Å². The first-order valence-electron chi connectivity index (χ1n) is 23.4. The van der Waals surface area contributed by atoms with Crippen molar-refractivity contribution in [2.24, 2.45) is 0 Å². The van der Waals surface area contributed by atoms with Gasteiger partial charge in [0.05, 0.1) is 19.8 Å². The van der Waals surface area contributed by atoms with Crippen LogP contribution in [0.3, 0.4) is 0 Å².